The van der Waals surface area contributed by atoms with Gasteiger partial charge in [0.25, 0.3) is 5.60 Å². The highest BCUT2D eigenvalue weighted by Crippen LogP contribution is 2.56. The van der Waals surface area contributed by atoms with Gasteiger partial charge in [0.1, 0.15) is 5.75 Å². The summed E-state index contributed by atoms with van der Waals surface area (Å²) in [7, 11) is 1.55. The molecule has 0 amide bonds. The molecule has 3 nitrogen and oxygen atoms in total. The van der Waals surface area contributed by atoms with Crippen LogP contribution in [0.25, 0.3) is 0 Å². The molecule has 0 saturated heterocycles. The average molecular weight is 477 g/mol. The van der Waals surface area contributed by atoms with Gasteiger partial charge in [-0.1, -0.05) is 19.9 Å². The van der Waals surface area contributed by atoms with Gasteiger partial charge in [0.2, 0.25) is 0 Å². The van der Waals surface area contributed by atoms with E-state index in [1.807, 2.05) is 18.2 Å². The van der Waals surface area contributed by atoms with Crippen molar-refractivity contribution in [2.24, 2.45) is 5.92 Å². The Hall–Kier alpha value is -2.07. The van der Waals surface area contributed by atoms with Crippen molar-refractivity contribution >= 4 is 17.4 Å². The van der Waals surface area contributed by atoms with Gasteiger partial charge < -0.3 is 15.2 Å². The maximum atomic E-state index is 13.4. The highest BCUT2D eigenvalue weighted by Gasteiger charge is 2.71. The molecule has 32 heavy (non-hydrogen) atoms. The molecule has 2 aromatic rings. The lowest BCUT2D eigenvalue weighted by Gasteiger charge is -2.49. The van der Waals surface area contributed by atoms with Crippen LogP contribution in [-0.4, -0.2) is 30.3 Å². The first-order valence-corrected chi connectivity index (χ1v) is 10.8. The van der Waals surface area contributed by atoms with E-state index < -0.39 is 28.9 Å². The minimum atomic E-state index is -5.93. The highest BCUT2D eigenvalue weighted by molar-refractivity contribution is 7.99. The quantitative estimate of drug-likeness (QED) is 0.508. The second-order valence-electron chi connectivity index (χ2n) is 8.63. The number of methoxy groups -OCH3 is 1. The van der Waals surface area contributed by atoms with Gasteiger partial charge in [-0.2, -0.15) is 26.3 Å². The summed E-state index contributed by atoms with van der Waals surface area (Å²) in [5.41, 5.74) is -5.26. The van der Waals surface area contributed by atoms with Gasteiger partial charge in [0.05, 0.1) is 13.2 Å². The molecule has 2 aliphatic rings. The molecule has 2 heterocycles. The number of alkyl halides is 6. The summed E-state index contributed by atoms with van der Waals surface area (Å²) in [6.07, 6.45) is -11.9. The third-order valence-corrected chi connectivity index (χ3v) is 7.77. The lowest BCUT2D eigenvalue weighted by molar-refractivity contribution is -0.376. The molecule has 10 heteroatoms. The van der Waals surface area contributed by atoms with Crippen molar-refractivity contribution in [3.8, 4) is 5.75 Å². The average Bonchev–Trinajstić information content (AvgIpc) is 2.70. The van der Waals surface area contributed by atoms with Crippen LogP contribution in [-0.2, 0) is 11.0 Å². The van der Waals surface area contributed by atoms with Gasteiger partial charge in [-0.3, -0.25) is 0 Å². The Morgan fingerprint density at radius 2 is 1.69 bits per heavy atom. The van der Waals surface area contributed by atoms with E-state index >= 15 is 0 Å². The third-order valence-electron chi connectivity index (χ3n) is 6.56. The molecule has 4 rings (SSSR count). The van der Waals surface area contributed by atoms with Crippen LogP contribution in [0.3, 0.4) is 0 Å². The molecule has 0 saturated carbocycles. The number of aliphatic hydroxyl groups is 1. The summed E-state index contributed by atoms with van der Waals surface area (Å²) in [4.78, 5) is 1.04. The molecule has 2 aliphatic heterocycles. The van der Waals surface area contributed by atoms with Crippen LogP contribution in [0.5, 0.6) is 5.75 Å². The van der Waals surface area contributed by atoms with Gasteiger partial charge >= 0.3 is 12.4 Å². The lowest BCUT2D eigenvalue weighted by atomic mass is 9.65. The molecular formula is C22H21F6NO2S. The SMILES string of the molecule is COc1ccc2c(c1)C1Nc3ccc(C(O)(C(F)(F)F)C(F)(F)F)cc3C(C)(C)C1CS2. The van der Waals surface area contributed by atoms with E-state index in [-0.39, 0.29) is 12.0 Å². The molecule has 174 valence electrons. The zero-order valence-electron chi connectivity index (χ0n) is 17.4. The number of hydrogen-bond acceptors (Lipinski definition) is 4. The normalized spacial score (nSPS) is 22.3. The largest absolute Gasteiger partial charge is 0.497 e. The Morgan fingerprint density at radius 3 is 2.28 bits per heavy atom. The van der Waals surface area contributed by atoms with Crippen molar-refractivity contribution in [3.05, 3.63) is 53.1 Å². The minimum Gasteiger partial charge on any atom is -0.497 e. The molecule has 0 radical (unpaired) electrons. The number of anilines is 1. The summed E-state index contributed by atoms with van der Waals surface area (Å²) in [6, 6.07) is 8.20. The van der Waals surface area contributed by atoms with Crippen LogP contribution in [0.2, 0.25) is 0 Å². The standard InChI is InChI=1S/C22H21F6NO2S/c1-19(2)14-8-11(20(30,21(23,24)25)22(26,27)28)4-6-16(14)29-18-13-9-12(31-3)5-7-17(13)32-10-15(18)19/h4-9,15,18,29-30H,10H2,1-3H3. The summed E-state index contributed by atoms with van der Waals surface area (Å²) in [5, 5.41) is 13.2. The first-order valence-electron chi connectivity index (χ1n) is 9.80. The number of nitrogens with one attached hydrogen (secondary N) is 1. The van der Waals surface area contributed by atoms with Crippen molar-refractivity contribution in [2.75, 3.05) is 18.2 Å². The molecule has 2 unspecified atom stereocenters. The van der Waals surface area contributed by atoms with Crippen LogP contribution in [0.1, 0.15) is 36.6 Å². The molecule has 2 aromatic carbocycles. The van der Waals surface area contributed by atoms with Crippen molar-refractivity contribution in [1.82, 2.24) is 0 Å². The van der Waals surface area contributed by atoms with Crippen molar-refractivity contribution in [3.63, 3.8) is 0 Å². The Kier molecular flexibility index (Phi) is 5.21. The number of thioether (sulfide) groups is 1. The molecule has 2 N–H and O–H groups in total. The van der Waals surface area contributed by atoms with Crippen molar-refractivity contribution in [1.29, 1.82) is 0 Å². The van der Waals surface area contributed by atoms with Crippen LogP contribution in [0, 0.1) is 5.92 Å². The van der Waals surface area contributed by atoms with E-state index in [1.54, 1.807) is 32.7 Å². The topological polar surface area (TPSA) is 41.5 Å². The van der Waals surface area contributed by atoms with E-state index in [2.05, 4.69) is 5.32 Å². The summed E-state index contributed by atoms with van der Waals surface area (Å²) >= 11 is 1.58. The zero-order valence-corrected chi connectivity index (χ0v) is 18.2. The second kappa shape index (κ2) is 7.21. The monoisotopic (exact) mass is 477 g/mol. The van der Waals surface area contributed by atoms with Crippen molar-refractivity contribution < 1.29 is 36.2 Å². The fourth-order valence-electron chi connectivity index (χ4n) is 4.61. The van der Waals surface area contributed by atoms with E-state index in [0.29, 0.717) is 28.8 Å². The van der Waals surface area contributed by atoms with E-state index in [1.165, 1.54) is 6.07 Å². The first kappa shape index (κ1) is 23.1. The summed E-state index contributed by atoms with van der Waals surface area (Å²) in [5.74, 6) is 1.15. The Balaban J connectivity index is 1.84. The predicted octanol–water partition coefficient (Wildman–Crippen LogP) is 6.17. The lowest BCUT2D eigenvalue weighted by Crippen LogP contribution is -2.54. The van der Waals surface area contributed by atoms with Crippen LogP contribution in [0.15, 0.2) is 41.3 Å². The zero-order chi connectivity index (χ0) is 23.7. The van der Waals surface area contributed by atoms with Gasteiger partial charge in [0, 0.05) is 27.8 Å². The van der Waals surface area contributed by atoms with Gasteiger partial charge in [-0.05, 0) is 46.9 Å². The predicted molar refractivity (Wildman–Crippen MR) is 109 cm³/mol. The molecule has 0 aliphatic carbocycles. The number of halogens is 6. The second-order valence-corrected chi connectivity index (χ2v) is 9.69. The fraction of sp³-hybridized carbons (Fsp3) is 0.455. The Morgan fingerprint density at radius 1 is 1.03 bits per heavy atom. The van der Waals surface area contributed by atoms with Gasteiger partial charge in [0.15, 0.2) is 0 Å². The van der Waals surface area contributed by atoms with E-state index in [4.69, 9.17) is 4.74 Å². The summed E-state index contributed by atoms with van der Waals surface area (Å²) < 4.78 is 85.8. The van der Waals surface area contributed by atoms with Crippen LogP contribution in [0.4, 0.5) is 32.0 Å². The van der Waals surface area contributed by atoms with Crippen LogP contribution < -0.4 is 10.1 Å². The number of rotatable bonds is 2. The van der Waals surface area contributed by atoms with Crippen molar-refractivity contribution in [2.45, 2.75) is 48.2 Å². The summed E-state index contributed by atoms with van der Waals surface area (Å²) in [6.45, 7) is 3.61. The number of benzene rings is 2. The minimum absolute atomic E-state index is 0.125. The van der Waals surface area contributed by atoms with E-state index in [9.17, 15) is 31.4 Å². The van der Waals surface area contributed by atoms with E-state index in [0.717, 1.165) is 16.5 Å². The highest BCUT2D eigenvalue weighted by atomic mass is 32.2. The van der Waals surface area contributed by atoms with Crippen LogP contribution >= 0.6 is 11.8 Å². The molecule has 0 fully saturated rings. The smallest absolute Gasteiger partial charge is 0.430 e. The maximum Gasteiger partial charge on any atom is 0.430 e. The molecule has 2 atom stereocenters. The Labute approximate surface area is 185 Å². The molecule has 0 spiro atoms. The fourth-order valence-corrected chi connectivity index (χ4v) is 6.09. The Bertz CT molecular complexity index is 1040. The molecule has 0 aromatic heterocycles. The number of ether oxygens (including phenoxy) is 1. The first-order chi connectivity index (χ1) is 14.7. The molecule has 0 bridgehead atoms. The van der Waals surface area contributed by atoms with Gasteiger partial charge in [-0.25, -0.2) is 0 Å². The third kappa shape index (κ3) is 3.25. The number of hydrogen-bond donors (Lipinski definition) is 2. The maximum absolute atomic E-state index is 13.4. The molecular weight excluding hydrogens is 456 g/mol. The van der Waals surface area contributed by atoms with Gasteiger partial charge in [-0.15, -0.1) is 11.8 Å². The number of fused-ring (bicyclic) bond motifs is 4.